The van der Waals surface area contributed by atoms with Gasteiger partial charge in [-0.2, -0.15) is 0 Å². The van der Waals surface area contributed by atoms with Gasteiger partial charge in [0.1, 0.15) is 9.88 Å². The summed E-state index contributed by atoms with van der Waals surface area (Å²) < 4.78 is 28.9. The minimum Gasteiger partial charge on any atom is -0.451 e. The molecular weight excluding hydrogens is 420 g/mol. The highest BCUT2D eigenvalue weighted by Gasteiger charge is 2.29. The Labute approximate surface area is 169 Å². The number of benzene rings is 1. The van der Waals surface area contributed by atoms with Crippen LogP contribution in [-0.4, -0.2) is 49.4 Å². The number of ether oxygens (including phenoxy) is 1. The van der Waals surface area contributed by atoms with Crippen LogP contribution in [0.15, 0.2) is 36.4 Å². The largest absolute Gasteiger partial charge is 0.451 e. The summed E-state index contributed by atoms with van der Waals surface area (Å²) >= 11 is 2.80. The van der Waals surface area contributed by atoms with E-state index in [4.69, 9.17) is 4.74 Å². The van der Waals surface area contributed by atoms with Crippen LogP contribution in [0.3, 0.4) is 0 Å². The highest BCUT2D eigenvalue weighted by molar-refractivity contribution is 7.91. The average molecular weight is 437 g/mol. The molecule has 0 aliphatic carbocycles. The van der Waals surface area contributed by atoms with E-state index in [0.717, 1.165) is 20.1 Å². The van der Waals surface area contributed by atoms with Gasteiger partial charge >= 0.3 is 5.97 Å². The quantitative estimate of drug-likeness (QED) is 0.617. The molecule has 1 aliphatic heterocycles. The molecule has 0 saturated carbocycles. The summed E-state index contributed by atoms with van der Waals surface area (Å²) in [5.41, 5.74) is 0.908. The molecule has 28 heavy (non-hydrogen) atoms. The summed E-state index contributed by atoms with van der Waals surface area (Å²) in [4.78, 5) is 29.9. The second-order valence-electron chi connectivity index (χ2n) is 6.39. The molecule has 1 saturated heterocycles. The molecule has 1 N–H and O–H groups in total. The molecule has 0 spiro atoms. The number of hydrogen-bond donors (Lipinski definition) is 1. The van der Waals surface area contributed by atoms with Gasteiger partial charge in [-0.05, 0) is 30.7 Å². The van der Waals surface area contributed by atoms with Crippen molar-refractivity contribution in [3.05, 3.63) is 41.3 Å². The average Bonchev–Trinajstić information content (AvgIpc) is 3.37. The van der Waals surface area contributed by atoms with Gasteiger partial charge in [-0.3, -0.25) is 4.79 Å². The van der Waals surface area contributed by atoms with Crippen molar-refractivity contribution in [3.8, 4) is 9.88 Å². The first-order valence-corrected chi connectivity index (χ1v) is 12.0. The van der Waals surface area contributed by atoms with Crippen molar-refractivity contribution in [2.24, 2.45) is 0 Å². The zero-order valence-electron chi connectivity index (χ0n) is 14.6. The fourth-order valence-corrected chi connectivity index (χ4v) is 6.51. The van der Waals surface area contributed by atoms with Crippen LogP contribution >= 0.6 is 22.7 Å². The van der Waals surface area contributed by atoms with E-state index in [-0.39, 0.29) is 11.5 Å². The van der Waals surface area contributed by atoms with Gasteiger partial charge in [0.2, 0.25) is 0 Å². The standard InChI is InChI=1S/C18H16N2O5S3/c21-16(19-11-7-8-28(23,24)10-11)9-25-18(22)15-6-5-14(26-15)17-20-12-3-1-2-4-13(12)27-17/h1-6,11H,7-10H2,(H,19,21). The van der Waals surface area contributed by atoms with Crippen LogP contribution in [0.1, 0.15) is 16.1 Å². The monoisotopic (exact) mass is 436 g/mol. The second-order valence-corrected chi connectivity index (χ2v) is 10.7. The molecule has 1 unspecified atom stereocenters. The molecule has 2 aromatic heterocycles. The molecule has 1 amide bonds. The normalized spacial score (nSPS) is 18.2. The molecule has 4 rings (SSSR count). The van der Waals surface area contributed by atoms with Gasteiger partial charge in [0.25, 0.3) is 5.91 Å². The first-order valence-electron chi connectivity index (χ1n) is 8.52. The number of thiophene rings is 1. The number of sulfone groups is 1. The van der Waals surface area contributed by atoms with Gasteiger partial charge < -0.3 is 10.1 Å². The van der Waals surface area contributed by atoms with E-state index in [1.54, 1.807) is 17.4 Å². The van der Waals surface area contributed by atoms with E-state index in [9.17, 15) is 18.0 Å². The maximum Gasteiger partial charge on any atom is 0.348 e. The molecule has 0 radical (unpaired) electrons. The molecular formula is C18H16N2O5S3. The Morgan fingerprint density at radius 3 is 2.75 bits per heavy atom. The van der Waals surface area contributed by atoms with E-state index in [1.165, 1.54) is 11.3 Å². The predicted octanol–water partition coefficient (Wildman–Crippen LogP) is 2.48. The zero-order chi connectivity index (χ0) is 19.7. The second kappa shape index (κ2) is 7.61. The Morgan fingerprint density at radius 1 is 1.18 bits per heavy atom. The highest BCUT2D eigenvalue weighted by Crippen LogP contribution is 2.34. The number of amides is 1. The van der Waals surface area contributed by atoms with E-state index in [0.29, 0.717) is 11.3 Å². The van der Waals surface area contributed by atoms with Crippen molar-refractivity contribution in [1.82, 2.24) is 10.3 Å². The lowest BCUT2D eigenvalue weighted by Crippen LogP contribution is -2.38. The number of nitrogens with one attached hydrogen (secondary N) is 1. The van der Waals surface area contributed by atoms with Crippen molar-refractivity contribution >= 4 is 54.6 Å². The van der Waals surface area contributed by atoms with E-state index in [1.807, 2.05) is 30.3 Å². The minimum absolute atomic E-state index is 0.0663. The smallest absolute Gasteiger partial charge is 0.348 e. The van der Waals surface area contributed by atoms with Gasteiger partial charge in [-0.25, -0.2) is 18.2 Å². The first-order chi connectivity index (χ1) is 13.4. The maximum atomic E-state index is 12.2. The SMILES string of the molecule is O=C(COC(=O)c1ccc(-c2nc3ccccc3s2)s1)NC1CCS(=O)(=O)C1. The Morgan fingerprint density at radius 2 is 2.00 bits per heavy atom. The van der Waals surface area contributed by atoms with Crippen molar-refractivity contribution in [2.75, 3.05) is 18.1 Å². The van der Waals surface area contributed by atoms with Crippen molar-refractivity contribution in [1.29, 1.82) is 0 Å². The molecule has 146 valence electrons. The first kappa shape index (κ1) is 19.0. The van der Waals surface area contributed by atoms with Crippen LogP contribution in [0, 0.1) is 0 Å². The number of carbonyl (C=O) groups is 2. The number of nitrogens with zero attached hydrogens (tertiary/aromatic N) is 1. The number of thiazole rings is 1. The van der Waals surface area contributed by atoms with Crippen LogP contribution in [0.2, 0.25) is 0 Å². The molecule has 1 aliphatic rings. The highest BCUT2D eigenvalue weighted by atomic mass is 32.2. The van der Waals surface area contributed by atoms with Gasteiger partial charge in [0, 0.05) is 6.04 Å². The van der Waals surface area contributed by atoms with Crippen molar-refractivity contribution in [3.63, 3.8) is 0 Å². The number of aromatic nitrogens is 1. The number of fused-ring (bicyclic) bond motifs is 1. The van der Waals surface area contributed by atoms with Crippen molar-refractivity contribution in [2.45, 2.75) is 12.5 Å². The van der Waals surface area contributed by atoms with E-state index in [2.05, 4.69) is 10.3 Å². The van der Waals surface area contributed by atoms with Crippen LogP contribution in [0.4, 0.5) is 0 Å². The van der Waals surface area contributed by atoms with Crippen LogP contribution in [0.25, 0.3) is 20.1 Å². The Kier molecular flexibility index (Phi) is 5.17. The molecule has 7 nitrogen and oxygen atoms in total. The van der Waals surface area contributed by atoms with Crippen LogP contribution in [-0.2, 0) is 19.4 Å². The molecule has 3 heterocycles. The summed E-state index contributed by atoms with van der Waals surface area (Å²) in [5, 5.41) is 3.41. The number of para-hydroxylation sites is 1. The predicted molar refractivity (Wildman–Crippen MR) is 108 cm³/mol. The lowest BCUT2D eigenvalue weighted by atomic mass is 10.2. The number of rotatable bonds is 5. The number of carbonyl (C=O) groups excluding carboxylic acids is 2. The topological polar surface area (TPSA) is 102 Å². The third kappa shape index (κ3) is 4.23. The summed E-state index contributed by atoms with van der Waals surface area (Å²) in [6.07, 6.45) is 0.387. The summed E-state index contributed by atoms with van der Waals surface area (Å²) in [5.74, 6) is -1.09. The van der Waals surface area contributed by atoms with E-state index < -0.39 is 34.4 Å². The maximum absolute atomic E-state index is 12.2. The van der Waals surface area contributed by atoms with Gasteiger partial charge in [-0.1, -0.05) is 12.1 Å². The number of hydrogen-bond acceptors (Lipinski definition) is 8. The zero-order valence-corrected chi connectivity index (χ0v) is 17.0. The Bertz CT molecular complexity index is 1120. The van der Waals surface area contributed by atoms with Gasteiger partial charge in [0.05, 0.1) is 26.6 Å². The fraction of sp³-hybridized carbons (Fsp3) is 0.278. The summed E-state index contributed by atoms with van der Waals surface area (Å²) in [6.45, 7) is -0.441. The third-order valence-electron chi connectivity index (χ3n) is 4.24. The number of esters is 1. The van der Waals surface area contributed by atoms with Gasteiger partial charge in [0.15, 0.2) is 16.4 Å². The van der Waals surface area contributed by atoms with E-state index >= 15 is 0 Å². The molecule has 3 aromatic rings. The lowest BCUT2D eigenvalue weighted by Gasteiger charge is -2.10. The molecule has 1 aromatic carbocycles. The van der Waals surface area contributed by atoms with Gasteiger partial charge in [-0.15, -0.1) is 22.7 Å². The Balaban J connectivity index is 1.35. The summed E-state index contributed by atoms with van der Waals surface area (Å²) in [6, 6.07) is 10.9. The Hall–Kier alpha value is -2.30. The molecule has 0 bridgehead atoms. The van der Waals surface area contributed by atoms with Crippen LogP contribution in [0.5, 0.6) is 0 Å². The molecule has 1 fully saturated rings. The fourth-order valence-electron chi connectivity index (χ4n) is 2.92. The molecule has 10 heteroatoms. The third-order valence-corrected chi connectivity index (χ3v) is 8.28. The lowest BCUT2D eigenvalue weighted by molar-refractivity contribution is -0.124. The van der Waals surface area contributed by atoms with Crippen molar-refractivity contribution < 1.29 is 22.7 Å². The van der Waals surface area contributed by atoms with Crippen LogP contribution < -0.4 is 5.32 Å². The molecule has 1 atom stereocenters. The minimum atomic E-state index is -3.07. The summed E-state index contributed by atoms with van der Waals surface area (Å²) in [7, 11) is -3.07.